The van der Waals surface area contributed by atoms with Crippen LogP contribution in [0.5, 0.6) is 0 Å². The normalized spacial score (nSPS) is 9.73. The van der Waals surface area contributed by atoms with Crippen LogP contribution < -0.4 is 4.72 Å². The molecule has 8 heteroatoms. The van der Waals surface area contributed by atoms with Crippen molar-refractivity contribution in [2.24, 2.45) is 0 Å². The zero-order valence-corrected chi connectivity index (χ0v) is 8.18. The van der Waals surface area contributed by atoms with E-state index in [0.717, 1.165) is 11.0 Å². The highest BCUT2D eigenvalue weighted by atomic mass is 35.5. The lowest BCUT2D eigenvalue weighted by atomic mass is 11.0. The molecule has 0 fully saturated rings. The molecule has 1 heterocycles. The summed E-state index contributed by atoms with van der Waals surface area (Å²) >= 11 is 14.7. The molecule has 1 rings (SSSR count). The van der Waals surface area contributed by atoms with E-state index >= 15 is 0 Å². The van der Waals surface area contributed by atoms with Gasteiger partial charge in [0.2, 0.25) is 16.5 Å². The first-order chi connectivity index (χ1) is 5.22. The van der Waals surface area contributed by atoms with E-state index in [-0.39, 0.29) is 16.5 Å². The predicted octanol–water partition coefficient (Wildman–Crippen LogP) is 2.08. The van der Waals surface area contributed by atoms with Gasteiger partial charge in [-0.2, -0.15) is 15.0 Å². The van der Waals surface area contributed by atoms with Crippen molar-refractivity contribution in [2.75, 3.05) is 4.72 Å². The van der Waals surface area contributed by atoms with E-state index in [0.29, 0.717) is 0 Å². The molecule has 11 heavy (non-hydrogen) atoms. The maximum absolute atomic E-state index is 5.46. The Morgan fingerprint density at radius 1 is 1.18 bits per heavy atom. The van der Waals surface area contributed by atoms with E-state index < -0.39 is 0 Å². The van der Waals surface area contributed by atoms with Gasteiger partial charge in [0.05, 0.1) is 0 Å². The fraction of sp³-hybridized carbons (Fsp3) is 0. The van der Waals surface area contributed by atoms with E-state index in [4.69, 9.17) is 23.2 Å². The van der Waals surface area contributed by atoms with E-state index in [9.17, 15) is 0 Å². The molecule has 0 aliphatic rings. The summed E-state index contributed by atoms with van der Waals surface area (Å²) in [5.41, 5.74) is 0. The van der Waals surface area contributed by atoms with Gasteiger partial charge in [-0.1, -0.05) is 11.7 Å². The fourth-order valence-corrected chi connectivity index (χ4v) is 1.19. The number of hydrogen-bond acceptors (Lipinski definition) is 6. The van der Waals surface area contributed by atoms with Crippen LogP contribution in [0.3, 0.4) is 0 Å². The summed E-state index contributed by atoms with van der Waals surface area (Å²) in [5.74, 6) is 0.287. The molecule has 0 amide bonds. The van der Waals surface area contributed by atoms with Crippen LogP contribution in [0, 0.1) is 0 Å². The highest BCUT2D eigenvalue weighted by Crippen LogP contribution is 2.13. The third-order valence-corrected chi connectivity index (χ3v) is 1.60. The summed E-state index contributed by atoms with van der Waals surface area (Å²) in [4.78, 5) is 11.0. The first-order valence-electron chi connectivity index (χ1n) is 2.36. The number of halogens is 2. The molecule has 1 N–H and O–H groups in total. The number of rotatable bonds is 2. The fourth-order valence-electron chi connectivity index (χ4n) is 0.412. The molecular weight excluding hydrogens is 227 g/mol. The molecule has 0 aromatic carbocycles. The quantitative estimate of drug-likeness (QED) is 0.462. The van der Waals surface area contributed by atoms with Crippen LogP contribution in [0.15, 0.2) is 0 Å². The predicted molar refractivity (Wildman–Crippen MR) is 50.0 cm³/mol. The van der Waals surface area contributed by atoms with Crippen LogP contribution in [-0.4, -0.2) is 15.0 Å². The standard InChI is InChI=1S/C3H2Cl2N4S2/c4-1-6-2(5)8-3(7-1)9-11-10/h10H,(H,6,7,8,9). The maximum atomic E-state index is 5.46. The molecule has 0 unspecified atom stereocenters. The van der Waals surface area contributed by atoms with Gasteiger partial charge >= 0.3 is 0 Å². The van der Waals surface area contributed by atoms with Crippen LogP contribution >= 0.6 is 45.8 Å². The van der Waals surface area contributed by atoms with Crippen molar-refractivity contribution >= 4 is 51.8 Å². The first-order valence-corrected chi connectivity index (χ1v) is 4.98. The summed E-state index contributed by atoms with van der Waals surface area (Å²) in [6, 6.07) is 0. The SMILES string of the molecule is SSNc1nc(Cl)nc(Cl)n1. The molecule has 60 valence electrons. The summed E-state index contributed by atoms with van der Waals surface area (Å²) in [6.07, 6.45) is 0. The highest BCUT2D eigenvalue weighted by molar-refractivity contribution is 8.69. The highest BCUT2D eigenvalue weighted by Gasteiger charge is 2.00. The number of nitrogens with zero attached hydrogens (tertiary/aromatic N) is 3. The Kier molecular flexibility index (Phi) is 3.50. The Morgan fingerprint density at radius 3 is 2.18 bits per heavy atom. The molecule has 0 saturated carbocycles. The van der Waals surface area contributed by atoms with Gasteiger partial charge in [0.25, 0.3) is 0 Å². The van der Waals surface area contributed by atoms with Gasteiger partial charge in [-0.3, -0.25) is 4.72 Å². The van der Waals surface area contributed by atoms with Crippen LogP contribution in [0.2, 0.25) is 10.6 Å². The molecule has 4 nitrogen and oxygen atoms in total. The number of hydrogen-bond donors (Lipinski definition) is 2. The summed E-state index contributed by atoms with van der Waals surface area (Å²) < 4.78 is 2.64. The van der Waals surface area contributed by atoms with Crippen molar-refractivity contribution in [1.82, 2.24) is 15.0 Å². The molecule has 0 saturated heterocycles. The lowest BCUT2D eigenvalue weighted by Gasteiger charge is -1.98. The lowest BCUT2D eigenvalue weighted by molar-refractivity contribution is 1.06. The van der Waals surface area contributed by atoms with Gasteiger partial charge in [-0.25, -0.2) is 0 Å². The Hall–Kier alpha value is 0.0900. The molecule has 0 radical (unpaired) electrons. The summed E-state index contributed by atoms with van der Waals surface area (Å²) in [7, 11) is 1.05. The molecular formula is C3H2Cl2N4S2. The Labute approximate surface area is 82.1 Å². The van der Waals surface area contributed by atoms with Gasteiger partial charge < -0.3 is 0 Å². The molecule has 0 spiro atoms. The second-order valence-corrected chi connectivity index (χ2v) is 3.00. The van der Waals surface area contributed by atoms with Gasteiger partial charge in [0, 0.05) is 11.0 Å². The largest absolute Gasteiger partial charge is 0.289 e. The Morgan fingerprint density at radius 2 is 1.73 bits per heavy atom. The van der Waals surface area contributed by atoms with Crippen LogP contribution in [0.4, 0.5) is 5.95 Å². The van der Waals surface area contributed by atoms with Crippen molar-refractivity contribution in [3.63, 3.8) is 0 Å². The zero-order chi connectivity index (χ0) is 8.27. The molecule has 1 aromatic rings. The van der Waals surface area contributed by atoms with Gasteiger partial charge in [-0.05, 0) is 23.2 Å². The minimum absolute atomic E-state index is 0.0508. The summed E-state index contributed by atoms with van der Waals surface area (Å²) in [6.45, 7) is 0. The van der Waals surface area contributed by atoms with Crippen molar-refractivity contribution in [1.29, 1.82) is 0 Å². The average molecular weight is 229 g/mol. The molecule has 1 aromatic heterocycles. The van der Waals surface area contributed by atoms with Gasteiger partial charge in [0.1, 0.15) is 0 Å². The van der Waals surface area contributed by atoms with Gasteiger partial charge in [-0.15, -0.1) is 0 Å². The number of aromatic nitrogens is 3. The molecule has 0 atom stereocenters. The number of nitrogens with one attached hydrogen (secondary N) is 1. The van der Waals surface area contributed by atoms with Crippen molar-refractivity contribution in [3.05, 3.63) is 10.6 Å². The summed E-state index contributed by atoms with van der Waals surface area (Å²) in [5, 5.41) is 0.102. The van der Waals surface area contributed by atoms with Crippen molar-refractivity contribution in [2.45, 2.75) is 0 Å². The molecule has 0 aliphatic carbocycles. The third kappa shape index (κ3) is 2.90. The third-order valence-electron chi connectivity index (χ3n) is 0.718. The molecule has 0 bridgehead atoms. The minimum atomic E-state index is 0.0508. The smallest absolute Gasteiger partial charge is 0.239 e. The van der Waals surface area contributed by atoms with Crippen molar-refractivity contribution in [3.8, 4) is 0 Å². The van der Waals surface area contributed by atoms with Crippen LogP contribution in [0.1, 0.15) is 0 Å². The lowest BCUT2D eigenvalue weighted by Crippen LogP contribution is -1.95. The molecule has 0 aliphatic heterocycles. The van der Waals surface area contributed by atoms with E-state index in [2.05, 4.69) is 31.3 Å². The average Bonchev–Trinajstić information content (AvgIpc) is 1.85. The first kappa shape index (κ1) is 9.18. The second-order valence-electron chi connectivity index (χ2n) is 1.39. The van der Waals surface area contributed by atoms with E-state index in [1.54, 1.807) is 0 Å². The van der Waals surface area contributed by atoms with Crippen molar-refractivity contribution < 1.29 is 0 Å². The van der Waals surface area contributed by atoms with Gasteiger partial charge in [0.15, 0.2) is 0 Å². The van der Waals surface area contributed by atoms with E-state index in [1.807, 2.05) is 0 Å². The maximum Gasteiger partial charge on any atom is 0.239 e. The monoisotopic (exact) mass is 228 g/mol. The van der Waals surface area contributed by atoms with Crippen LogP contribution in [0.25, 0.3) is 0 Å². The Balaban J connectivity index is 2.89. The van der Waals surface area contributed by atoms with E-state index in [1.165, 1.54) is 0 Å². The topological polar surface area (TPSA) is 50.7 Å². The van der Waals surface area contributed by atoms with Crippen LogP contribution in [-0.2, 0) is 0 Å². The minimum Gasteiger partial charge on any atom is -0.289 e. The Bertz CT molecular complexity index is 237. The number of anilines is 1. The number of thiol groups is 1. The zero-order valence-electron chi connectivity index (χ0n) is 4.95. The second kappa shape index (κ2) is 4.20.